The summed E-state index contributed by atoms with van der Waals surface area (Å²) in [6, 6.07) is 11.1. The molecular weight excluding hydrogens is 312 g/mol. The number of thiophene rings is 1. The molecule has 0 aliphatic carbocycles. The van der Waals surface area contributed by atoms with Gasteiger partial charge in [-0.05, 0) is 30.0 Å². The van der Waals surface area contributed by atoms with Crippen LogP contribution in [0.2, 0.25) is 0 Å². The summed E-state index contributed by atoms with van der Waals surface area (Å²) in [5.74, 6) is -0.0941. The molecule has 2 aromatic heterocycles. The number of hydrogen-bond acceptors (Lipinski definition) is 5. The van der Waals surface area contributed by atoms with Crippen molar-refractivity contribution in [1.29, 1.82) is 0 Å². The third-order valence-electron chi connectivity index (χ3n) is 3.45. The third-order valence-corrected chi connectivity index (χ3v) is 4.39. The highest BCUT2D eigenvalue weighted by molar-refractivity contribution is 7.09. The van der Waals surface area contributed by atoms with Gasteiger partial charge >= 0.3 is 0 Å². The molecule has 0 aliphatic heterocycles. The predicted molar refractivity (Wildman–Crippen MR) is 89.4 cm³/mol. The Kier molecular flexibility index (Phi) is 4.77. The Bertz CT molecular complexity index is 858. The van der Waals surface area contributed by atoms with Gasteiger partial charge < -0.3 is 5.32 Å². The van der Waals surface area contributed by atoms with Crippen LogP contribution < -0.4 is 10.9 Å². The number of nitrogens with one attached hydrogen (secondary N) is 1. The van der Waals surface area contributed by atoms with Gasteiger partial charge in [-0.15, -0.1) is 16.4 Å². The number of fused-ring (bicyclic) bond motifs is 1. The van der Waals surface area contributed by atoms with E-state index in [4.69, 9.17) is 0 Å². The first-order valence-corrected chi connectivity index (χ1v) is 8.23. The summed E-state index contributed by atoms with van der Waals surface area (Å²) in [5.41, 5.74) is 0.344. The molecule has 7 heteroatoms. The van der Waals surface area contributed by atoms with E-state index in [9.17, 15) is 9.59 Å². The van der Waals surface area contributed by atoms with E-state index < -0.39 is 0 Å². The van der Waals surface area contributed by atoms with Crippen LogP contribution in [0, 0.1) is 0 Å². The van der Waals surface area contributed by atoms with Gasteiger partial charge in [-0.2, -0.15) is 0 Å². The van der Waals surface area contributed by atoms with Crippen molar-refractivity contribution in [2.45, 2.75) is 19.4 Å². The second-order valence-electron chi connectivity index (χ2n) is 5.06. The Morgan fingerprint density at radius 2 is 2.09 bits per heavy atom. The molecule has 0 saturated carbocycles. The van der Waals surface area contributed by atoms with E-state index >= 15 is 0 Å². The quantitative estimate of drug-likeness (QED) is 0.746. The number of benzene rings is 1. The fraction of sp³-hybridized carbons (Fsp3) is 0.250. The summed E-state index contributed by atoms with van der Waals surface area (Å²) in [6.45, 7) is 0.819. The molecule has 3 aromatic rings. The molecule has 0 unspecified atom stereocenters. The lowest BCUT2D eigenvalue weighted by Crippen LogP contribution is -2.30. The molecule has 6 nitrogen and oxygen atoms in total. The molecule has 3 rings (SSSR count). The van der Waals surface area contributed by atoms with Gasteiger partial charge in [0.15, 0.2) is 0 Å². The van der Waals surface area contributed by atoms with E-state index in [0.29, 0.717) is 17.4 Å². The Labute approximate surface area is 136 Å². The van der Waals surface area contributed by atoms with Gasteiger partial charge in [0.1, 0.15) is 5.52 Å². The minimum absolute atomic E-state index is 0.0941. The lowest BCUT2D eigenvalue weighted by molar-refractivity contribution is -0.121. The standard InChI is InChI=1S/C16H16N4O2S/c21-15(17-9-7-12-4-3-11-23-12)8-10-20-16(22)13-5-1-2-6-14(13)18-19-20/h1-6,11H,7-10H2,(H,17,21). The molecule has 1 aromatic carbocycles. The SMILES string of the molecule is O=C(CCn1nnc2ccccc2c1=O)NCCc1cccs1. The monoisotopic (exact) mass is 328 g/mol. The number of amides is 1. The summed E-state index contributed by atoms with van der Waals surface area (Å²) < 4.78 is 1.24. The average molecular weight is 328 g/mol. The number of aryl methyl sites for hydroxylation is 1. The van der Waals surface area contributed by atoms with E-state index in [-0.39, 0.29) is 24.4 Å². The van der Waals surface area contributed by atoms with Gasteiger partial charge in [-0.25, -0.2) is 4.68 Å². The summed E-state index contributed by atoms with van der Waals surface area (Å²) in [5, 5.41) is 13.3. The third kappa shape index (κ3) is 3.81. The molecule has 0 bridgehead atoms. The van der Waals surface area contributed by atoms with Gasteiger partial charge in [0.2, 0.25) is 5.91 Å². The topological polar surface area (TPSA) is 76.9 Å². The van der Waals surface area contributed by atoms with Crippen LogP contribution in [0.1, 0.15) is 11.3 Å². The highest BCUT2D eigenvalue weighted by atomic mass is 32.1. The van der Waals surface area contributed by atoms with Gasteiger partial charge in [-0.1, -0.05) is 23.4 Å². The van der Waals surface area contributed by atoms with E-state index in [1.54, 1.807) is 29.5 Å². The van der Waals surface area contributed by atoms with Crippen LogP contribution in [0.5, 0.6) is 0 Å². The average Bonchev–Trinajstić information content (AvgIpc) is 3.08. The van der Waals surface area contributed by atoms with Crippen molar-refractivity contribution in [2.24, 2.45) is 0 Å². The second-order valence-corrected chi connectivity index (χ2v) is 6.10. The van der Waals surface area contributed by atoms with Crippen LogP contribution in [0.15, 0.2) is 46.6 Å². The lowest BCUT2D eigenvalue weighted by Gasteiger charge is -2.06. The number of carbonyl (C=O) groups excluding carboxylic acids is 1. The molecule has 0 aliphatic rings. The Hall–Kier alpha value is -2.54. The van der Waals surface area contributed by atoms with Gasteiger partial charge in [-0.3, -0.25) is 9.59 Å². The van der Waals surface area contributed by atoms with E-state index in [2.05, 4.69) is 15.6 Å². The van der Waals surface area contributed by atoms with Crippen LogP contribution in [0.4, 0.5) is 0 Å². The van der Waals surface area contributed by atoms with Gasteiger partial charge in [0, 0.05) is 17.8 Å². The van der Waals surface area contributed by atoms with Crippen molar-refractivity contribution >= 4 is 28.1 Å². The minimum Gasteiger partial charge on any atom is -0.356 e. The normalized spacial score (nSPS) is 10.8. The van der Waals surface area contributed by atoms with E-state index in [0.717, 1.165) is 6.42 Å². The first-order chi connectivity index (χ1) is 11.2. The van der Waals surface area contributed by atoms with Crippen LogP contribution in [0.25, 0.3) is 10.9 Å². The van der Waals surface area contributed by atoms with Crippen molar-refractivity contribution in [2.75, 3.05) is 6.54 Å². The molecular formula is C16H16N4O2S. The smallest absolute Gasteiger partial charge is 0.277 e. The summed E-state index contributed by atoms with van der Waals surface area (Å²) in [7, 11) is 0. The Balaban J connectivity index is 1.54. The first kappa shape index (κ1) is 15.4. The maximum Gasteiger partial charge on any atom is 0.277 e. The van der Waals surface area contributed by atoms with Crippen LogP contribution in [-0.4, -0.2) is 27.4 Å². The van der Waals surface area contributed by atoms with Crippen LogP contribution in [0.3, 0.4) is 0 Å². The van der Waals surface area contributed by atoms with Crippen molar-refractivity contribution < 1.29 is 4.79 Å². The van der Waals surface area contributed by atoms with Crippen molar-refractivity contribution in [3.05, 3.63) is 57.0 Å². The molecule has 0 fully saturated rings. The second kappa shape index (κ2) is 7.15. The fourth-order valence-corrected chi connectivity index (χ4v) is 2.95. The molecule has 0 saturated heterocycles. The number of hydrogen-bond donors (Lipinski definition) is 1. The largest absolute Gasteiger partial charge is 0.356 e. The zero-order valence-electron chi connectivity index (χ0n) is 12.4. The molecule has 23 heavy (non-hydrogen) atoms. The highest BCUT2D eigenvalue weighted by Crippen LogP contribution is 2.08. The molecule has 1 amide bonds. The van der Waals surface area contributed by atoms with E-state index in [1.807, 2.05) is 23.6 Å². The van der Waals surface area contributed by atoms with Crippen molar-refractivity contribution in [3.8, 4) is 0 Å². The summed E-state index contributed by atoms with van der Waals surface area (Å²) in [6.07, 6.45) is 1.02. The predicted octanol–water partition coefficient (Wildman–Crippen LogP) is 1.60. The van der Waals surface area contributed by atoms with Crippen molar-refractivity contribution in [3.63, 3.8) is 0 Å². The highest BCUT2D eigenvalue weighted by Gasteiger charge is 2.07. The molecule has 118 valence electrons. The maximum atomic E-state index is 12.2. The van der Waals surface area contributed by atoms with Crippen LogP contribution in [-0.2, 0) is 17.8 Å². The molecule has 0 radical (unpaired) electrons. The number of aromatic nitrogens is 3. The first-order valence-electron chi connectivity index (χ1n) is 7.35. The van der Waals surface area contributed by atoms with Gasteiger partial charge in [0.05, 0.1) is 11.9 Å². The molecule has 2 heterocycles. The summed E-state index contributed by atoms with van der Waals surface area (Å²) in [4.78, 5) is 25.3. The van der Waals surface area contributed by atoms with E-state index in [1.165, 1.54) is 9.56 Å². The van der Waals surface area contributed by atoms with Crippen LogP contribution >= 0.6 is 11.3 Å². The molecule has 1 N–H and O–H groups in total. The fourth-order valence-electron chi connectivity index (χ4n) is 2.25. The lowest BCUT2D eigenvalue weighted by atomic mass is 10.2. The Morgan fingerprint density at radius 3 is 2.91 bits per heavy atom. The van der Waals surface area contributed by atoms with Crippen molar-refractivity contribution in [1.82, 2.24) is 20.3 Å². The van der Waals surface area contributed by atoms with Gasteiger partial charge in [0.25, 0.3) is 5.56 Å². The zero-order chi connectivity index (χ0) is 16.1. The number of rotatable bonds is 6. The Morgan fingerprint density at radius 1 is 1.22 bits per heavy atom. The summed E-state index contributed by atoms with van der Waals surface area (Å²) >= 11 is 1.67. The number of carbonyl (C=O) groups is 1. The number of nitrogens with zero attached hydrogens (tertiary/aromatic N) is 3. The molecule has 0 spiro atoms. The maximum absolute atomic E-state index is 12.2. The minimum atomic E-state index is -0.220. The zero-order valence-corrected chi connectivity index (χ0v) is 13.3. The molecule has 0 atom stereocenters.